The molecule has 0 saturated carbocycles. The number of hydrogen-bond acceptors (Lipinski definition) is 3. The molecule has 0 fully saturated rings. The van der Waals surface area contributed by atoms with Gasteiger partial charge in [0, 0.05) is 43.9 Å². The van der Waals surface area contributed by atoms with Crippen molar-refractivity contribution in [3.05, 3.63) is 187 Å². The average molecular weight is 694 g/mol. The molecule has 0 aliphatic heterocycles. The molecule has 0 unspecified atom stereocenters. The summed E-state index contributed by atoms with van der Waals surface area (Å²) in [5.74, 6) is 0. The average Bonchev–Trinajstić information content (AvgIpc) is 3.86. The van der Waals surface area contributed by atoms with Crippen LogP contribution in [0.15, 0.2) is 185 Å². The second-order valence-corrected chi connectivity index (χ2v) is 14.9. The van der Waals surface area contributed by atoms with Gasteiger partial charge in [0.05, 0.1) is 5.69 Å². The monoisotopic (exact) mass is 693 g/mol. The first-order chi connectivity index (χ1) is 26.5. The van der Waals surface area contributed by atoms with Crippen molar-refractivity contribution in [2.75, 3.05) is 4.90 Å². The third-order valence-electron chi connectivity index (χ3n) is 11.5. The zero-order valence-electron chi connectivity index (χ0n) is 30.0. The van der Waals surface area contributed by atoms with Crippen molar-refractivity contribution >= 4 is 60.9 Å². The zero-order chi connectivity index (χ0) is 36.0. The first kappa shape index (κ1) is 30.8. The van der Waals surface area contributed by atoms with Crippen molar-refractivity contribution in [1.29, 1.82) is 0 Å². The lowest BCUT2D eigenvalue weighted by molar-refractivity contribution is 0.660. The summed E-state index contributed by atoms with van der Waals surface area (Å²) < 4.78 is 13.3. The van der Waals surface area contributed by atoms with E-state index >= 15 is 0 Å². The summed E-state index contributed by atoms with van der Waals surface area (Å²) in [6, 6.07) is 62.9. The Morgan fingerprint density at radius 1 is 0.426 bits per heavy atom. The van der Waals surface area contributed by atoms with Crippen LogP contribution in [0.25, 0.3) is 77.3 Å². The molecular weight excluding hydrogens is 659 g/mol. The van der Waals surface area contributed by atoms with Crippen LogP contribution in [0.5, 0.6) is 0 Å². The van der Waals surface area contributed by atoms with E-state index in [1.165, 1.54) is 33.4 Å². The van der Waals surface area contributed by atoms with Gasteiger partial charge in [0.25, 0.3) is 0 Å². The lowest BCUT2D eigenvalue weighted by Gasteiger charge is -2.30. The highest BCUT2D eigenvalue weighted by molar-refractivity contribution is 6.27. The van der Waals surface area contributed by atoms with Gasteiger partial charge in [-0.1, -0.05) is 135 Å². The number of benzene rings is 8. The molecule has 3 heteroatoms. The maximum absolute atomic E-state index is 6.98. The molecule has 0 amide bonds. The molecule has 11 rings (SSSR count). The van der Waals surface area contributed by atoms with Crippen molar-refractivity contribution < 1.29 is 8.83 Å². The van der Waals surface area contributed by atoms with Gasteiger partial charge in [-0.15, -0.1) is 0 Å². The molecule has 0 spiro atoms. The van der Waals surface area contributed by atoms with Gasteiger partial charge in [0.2, 0.25) is 0 Å². The van der Waals surface area contributed by atoms with Crippen LogP contribution in [0.2, 0.25) is 0 Å². The Bertz CT molecular complexity index is 3060. The van der Waals surface area contributed by atoms with Crippen LogP contribution in [0.1, 0.15) is 25.0 Å². The smallest absolute Gasteiger partial charge is 0.145 e. The van der Waals surface area contributed by atoms with Crippen LogP contribution in [0.4, 0.5) is 17.1 Å². The van der Waals surface area contributed by atoms with E-state index in [-0.39, 0.29) is 5.41 Å². The molecule has 256 valence electrons. The maximum atomic E-state index is 6.98. The summed E-state index contributed by atoms with van der Waals surface area (Å²) in [7, 11) is 0. The standard InChI is InChI=1S/C51H35NO2/c1-51(2)41-19-11-9-17-37(41)38-26-25-36(31-42(38)51)52(35-23-21-33(22-24-35)32-13-5-3-6-14-32)43-28-27-40-49-46(54-50(40)47(43)34-15-7-4-8-16-34)30-29-45-48(49)39-18-10-12-20-44(39)53-45/h3-31H,1-2H3. The summed E-state index contributed by atoms with van der Waals surface area (Å²) >= 11 is 0. The van der Waals surface area contributed by atoms with E-state index in [9.17, 15) is 0 Å². The zero-order valence-corrected chi connectivity index (χ0v) is 30.0. The van der Waals surface area contributed by atoms with Gasteiger partial charge in [0.1, 0.15) is 22.3 Å². The quantitative estimate of drug-likeness (QED) is 0.180. The van der Waals surface area contributed by atoms with Gasteiger partial charge >= 0.3 is 0 Å². The number of rotatable bonds is 5. The fourth-order valence-electron chi connectivity index (χ4n) is 8.90. The number of para-hydroxylation sites is 1. The summed E-state index contributed by atoms with van der Waals surface area (Å²) in [6.45, 7) is 4.69. The summed E-state index contributed by atoms with van der Waals surface area (Å²) in [5, 5.41) is 4.32. The van der Waals surface area contributed by atoms with E-state index in [1.54, 1.807) is 0 Å². The number of nitrogens with zero attached hydrogens (tertiary/aromatic N) is 1. The van der Waals surface area contributed by atoms with Crippen molar-refractivity contribution in [2.24, 2.45) is 0 Å². The molecule has 0 saturated heterocycles. The SMILES string of the molecule is CC1(C)c2ccccc2-c2ccc(N(c3ccc(-c4ccccc4)cc3)c3ccc4c(oc5ccc6oc7ccccc7c6c54)c3-c3ccccc3)cc21. The number of hydrogen-bond donors (Lipinski definition) is 0. The first-order valence-electron chi connectivity index (χ1n) is 18.6. The van der Waals surface area contributed by atoms with E-state index in [4.69, 9.17) is 8.83 Å². The van der Waals surface area contributed by atoms with Crippen molar-refractivity contribution in [3.63, 3.8) is 0 Å². The predicted molar refractivity (Wildman–Crippen MR) is 224 cm³/mol. The third kappa shape index (κ3) is 4.48. The Morgan fingerprint density at radius 2 is 1.04 bits per heavy atom. The predicted octanol–water partition coefficient (Wildman–Crippen LogP) is 14.6. The van der Waals surface area contributed by atoms with Crippen LogP contribution in [0, 0.1) is 0 Å². The number of anilines is 3. The maximum Gasteiger partial charge on any atom is 0.145 e. The molecular formula is C51H35NO2. The van der Waals surface area contributed by atoms with Crippen LogP contribution in [0.3, 0.4) is 0 Å². The molecule has 0 atom stereocenters. The van der Waals surface area contributed by atoms with Gasteiger partial charge in [-0.3, -0.25) is 0 Å². The molecule has 1 aliphatic rings. The van der Waals surface area contributed by atoms with Gasteiger partial charge in [-0.2, -0.15) is 0 Å². The van der Waals surface area contributed by atoms with Crippen molar-refractivity contribution in [1.82, 2.24) is 0 Å². The second kappa shape index (κ2) is 11.6. The molecule has 2 heterocycles. The van der Waals surface area contributed by atoms with Gasteiger partial charge in [0.15, 0.2) is 0 Å². The largest absolute Gasteiger partial charge is 0.456 e. The minimum Gasteiger partial charge on any atom is -0.456 e. The molecule has 0 radical (unpaired) electrons. The van der Waals surface area contributed by atoms with E-state index in [0.717, 1.165) is 72.1 Å². The van der Waals surface area contributed by atoms with Crippen molar-refractivity contribution in [3.8, 4) is 33.4 Å². The topological polar surface area (TPSA) is 29.5 Å². The molecule has 8 aromatic carbocycles. The fraction of sp³-hybridized carbons (Fsp3) is 0.0588. The Balaban J connectivity index is 1.20. The molecule has 0 bridgehead atoms. The summed E-state index contributed by atoms with van der Waals surface area (Å²) in [4.78, 5) is 2.41. The highest BCUT2D eigenvalue weighted by atomic mass is 16.3. The molecule has 1 aliphatic carbocycles. The van der Waals surface area contributed by atoms with Crippen LogP contribution < -0.4 is 4.90 Å². The van der Waals surface area contributed by atoms with E-state index in [0.29, 0.717) is 0 Å². The number of furan rings is 2. The Morgan fingerprint density at radius 3 is 1.83 bits per heavy atom. The highest BCUT2D eigenvalue weighted by Crippen LogP contribution is 2.53. The van der Waals surface area contributed by atoms with Crippen molar-refractivity contribution in [2.45, 2.75) is 19.3 Å². The fourth-order valence-corrected chi connectivity index (χ4v) is 8.90. The third-order valence-corrected chi connectivity index (χ3v) is 11.5. The highest BCUT2D eigenvalue weighted by Gasteiger charge is 2.36. The van der Waals surface area contributed by atoms with Crippen LogP contribution >= 0.6 is 0 Å². The Labute approximate surface area is 313 Å². The molecule has 2 aromatic heterocycles. The second-order valence-electron chi connectivity index (χ2n) is 14.9. The Hall–Kier alpha value is -6.84. The van der Waals surface area contributed by atoms with E-state index in [2.05, 4.69) is 176 Å². The first-order valence-corrected chi connectivity index (χ1v) is 18.6. The lowest BCUT2D eigenvalue weighted by Crippen LogP contribution is -2.17. The summed E-state index contributed by atoms with van der Waals surface area (Å²) in [5.41, 5.74) is 16.3. The minimum absolute atomic E-state index is 0.144. The van der Waals surface area contributed by atoms with E-state index in [1.807, 2.05) is 18.2 Å². The molecule has 54 heavy (non-hydrogen) atoms. The van der Waals surface area contributed by atoms with Crippen LogP contribution in [-0.2, 0) is 5.41 Å². The van der Waals surface area contributed by atoms with Gasteiger partial charge in [-0.05, 0) is 93.5 Å². The summed E-state index contributed by atoms with van der Waals surface area (Å²) in [6.07, 6.45) is 0. The number of fused-ring (bicyclic) bond motifs is 10. The van der Waals surface area contributed by atoms with E-state index < -0.39 is 0 Å². The minimum atomic E-state index is -0.144. The normalized spacial score (nSPS) is 13.1. The molecule has 0 N–H and O–H groups in total. The van der Waals surface area contributed by atoms with Gasteiger partial charge in [-0.25, -0.2) is 0 Å². The van der Waals surface area contributed by atoms with Gasteiger partial charge < -0.3 is 13.7 Å². The van der Waals surface area contributed by atoms with Crippen LogP contribution in [-0.4, -0.2) is 0 Å². The molecule has 10 aromatic rings. The lowest BCUT2D eigenvalue weighted by atomic mass is 9.82. The Kier molecular flexibility index (Phi) is 6.60. The molecule has 3 nitrogen and oxygen atoms in total.